The Morgan fingerprint density at radius 2 is 1.89 bits per heavy atom. The van der Waals surface area contributed by atoms with Crippen LogP contribution in [0.5, 0.6) is 5.75 Å². The van der Waals surface area contributed by atoms with E-state index in [4.69, 9.17) is 23.2 Å². The minimum atomic E-state index is -0.0955. The van der Waals surface area contributed by atoms with Crippen LogP contribution in [0.4, 0.5) is 5.69 Å². The topological polar surface area (TPSA) is 40.5 Å². The number of phenolic OH excluding ortho intramolecular Hbond substituents is 1. The fraction of sp³-hybridized carbons (Fsp3) is 0.682. The summed E-state index contributed by atoms with van der Waals surface area (Å²) in [6.07, 6.45) is 6.03. The zero-order valence-electron chi connectivity index (χ0n) is 16.0. The second kappa shape index (κ2) is 7.48. The Hall–Kier alpha value is -0.930. The highest BCUT2D eigenvalue weighted by Crippen LogP contribution is 2.60. The number of Topliss-reactive ketones (excluding diaryl/α,β-unsaturated/α-hetero) is 1. The number of aryl methyl sites for hydroxylation is 1. The van der Waals surface area contributed by atoms with E-state index in [-0.39, 0.29) is 5.41 Å². The zero-order chi connectivity index (χ0) is 19.2. The molecule has 0 heterocycles. The van der Waals surface area contributed by atoms with Crippen LogP contribution in [0.1, 0.15) is 56.1 Å². The lowest BCUT2D eigenvalue weighted by Gasteiger charge is -2.48. The molecule has 0 saturated heterocycles. The molecule has 1 aromatic rings. The van der Waals surface area contributed by atoms with Crippen molar-refractivity contribution >= 4 is 34.7 Å². The van der Waals surface area contributed by atoms with Crippen LogP contribution in [0, 0.1) is 17.3 Å². The van der Waals surface area contributed by atoms with E-state index in [9.17, 15) is 9.90 Å². The molecule has 5 heteroatoms. The van der Waals surface area contributed by atoms with Gasteiger partial charge in [-0.3, -0.25) is 4.79 Å². The molecule has 0 aliphatic heterocycles. The number of carbonyl (C=O) groups excluding carboxylic acids is 1. The van der Waals surface area contributed by atoms with Gasteiger partial charge in [0.25, 0.3) is 0 Å². The van der Waals surface area contributed by atoms with Crippen molar-refractivity contribution in [3.05, 3.63) is 23.3 Å². The summed E-state index contributed by atoms with van der Waals surface area (Å²) in [6, 6.07) is 4.16. The highest BCUT2D eigenvalue weighted by Gasteiger charge is 2.54. The Labute approximate surface area is 172 Å². The van der Waals surface area contributed by atoms with E-state index in [1.54, 1.807) is 0 Å². The molecule has 1 N–H and O–H groups in total. The fourth-order valence-corrected chi connectivity index (χ4v) is 6.59. The van der Waals surface area contributed by atoms with Gasteiger partial charge in [0.1, 0.15) is 11.5 Å². The number of ketones is 1. The number of fused-ring (bicyclic) bond motifs is 5. The van der Waals surface area contributed by atoms with E-state index < -0.39 is 0 Å². The molecule has 1 aromatic carbocycles. The fourth-order valence-electron chi connectivity index (χ4n) is 6.18. The molecule has 0 radical (unpaired) electrons. The van der Waals surface area contributed by atoms with E-state index in [1.807, 2.05) is 6.07 Å². The molecule has 3 aliphatic rings. The van der Waals surface area contributed by atoms with Crippen molar-refractivity contribution in [2.75, 3.05) is 29.7 Å². The molecule has 2 fully saturated rings. The summed E-state index contributed by atoms with van der Waals surface area (Å²) in [5.74, 6) is 3.44. The summed E-state index contributed by atoms with van der Waals surface area (Å²) in [7, 11) is 0. The normalized spacial score (nSPS) is 32.0. The molecule has 3 nitrogen and oxygen atoms in total. The maximum atomic E-state index is 12.5. The van der Waals surface area contributed by atoms with Crippen molar-refractivity contribution < 1.29 is 9.90 Å². The van der Waals surface area contributed by atoms with E-state index in [0.717, 1.165) is 44.2 Å². The van der Waals surface area contributed by atoms with Crippen molar-refractivity contribution in [1.82, 2.24) is 0 Å². The zero-order valence-corrected chi connectivity index (χ0v) is 17.5. The summed E-state index contributed by atoms with van der Waals surface area (Å²) in [4.78, 5) is 14.6. The first-order valence-corrected chi connectivity index (χ1v) is 11.3. The van der Waals surface area contributed by atoms with Crippen molar-refractivity contribution in [2.45, 2.75) is 51.4 Å². The number of hydrogen-bond donors (Lipinski definition) is 1. The molecule has 4 atom stereocenters. The third-order valence-electron chi connectivity index (χ3n) is 7.58. The second-order valence-corrected chi connectivity index (χ2v) is 9.49. The SMILES string of the molecule is C[C@]12CC[C@@H]3c4cc(N(CCCl)CCCl)c(O)cc4CC[C@H]3[C@@H]1CCC2=O. The molecule has 0 amide bonds. The largest absolute Gasteiger partial charge is 0.506 e. The maximum Gasteiger partial charge on any atom is 0.139 e. The van der Waals surface area contributed by atoms with E-state index >= 15 is 0 Å². The molecule has 0 unspecified atom stereocenters. The van der Waals surface area contributed by atoms with Crippen LogP contribution in [0.25, 0.3) is 0 Å². The number of hydrogen-bond acceptors (Lipinski definition) is 3. The molecule has 148 valence electrons. The summed E-state index contributed by atoms with van der Waals surface area (Å²) >= 11 is 12.0. The number of aromatic hydroxyl groups is 1. The average molecular weight is 410 g/mol. The van der Waals surface area contributed by atoms with Gasteiger partial charge in [0, 0.05) is 36.7 Å². The quantitative estimate of drug-likeness (QED) is 0.687. The smallest absolute Gasteiger partial charge is 0.139 e. The average Bonchev–Trinajstić information content (AvgIpc) is 2.96. The lowest BCUT2D eigenvalue weighted by Crippen LogP contribution is -2.42. The standard InChI is InChI=1S/C22H29Cl2NO2/c1-22-7-6-15-16(18(22)4-5-21(22)27)3-2-14-12-20(26)19(13-17(14)15)25(10-8-23)11-9-24/h12-13,15-16,18,26H,2-11H2,1H3/t15-,16+,18-,22-/m0/s1. The third-order valence-corrected chi connectivity index (χ3v) is 7.92. The summed E-state index contributed by atoms with van der Waals surface area (Å²) in [5, 5.41) is 10.6. The van der Waals surface area contributed by atoms with Crippen LogP contribution in [-0.2, 0) is 11.2 Å². The van der Waals surface area contributed by atoms with Crippen LogP contribution in [0.2, 0.25) is 0 Å². The van der Waals surface area contributed by atoms with Gasteiger partial charge in [0.15, 0.2) is 0 Å². The Balaban J connectivity index is 1.69. The number of anilines is 1. The van der Waals surface area contributed by atoms with Crippen molar-refractivity contribution in [2.24, 2.45) is 17.3 Å². The second-order valence-electron chi connectivity index (χ2n) is 8.74. The molecule has 0 bridgehead atoms. The summed E-state index contributed by atoms with van der Waals surface area (Å²) in [6.45, 7) is 3.55. The first kappa shape index (κ1) is 19.4. The Morgan fingerprint density at radius 3 is 2.59 bits per heavy atom. The number of alkyl halides is 2. The first-order chi connectivity index (χ1) is 13.0. The van der Waals surface area contributed by atoms with Crippen LogP contribution in [-0.4, -0.2) is 35.7 Å². The maximum absolute atomic E-state index is 12.5. The van der Waals surface area contributed by atoms with E-state index in [2.05, 4.69) is 17.9 Å². The minimum absolute atomic E-state index is 0.0955. The minimum Gasteiger partial charge on any atom is -0.506 e. The predicted octanol–water partition coefficient (Wildman–Crippen LogP) is 5.10. The molecule has 3 aliphatic carbocycles. The molecular formula is C22H29Cl2NO2. The van der Waals surface area contributed by atoms with Gasteiger partial charge in [-0.2, -0.15) is 0 Å². The summed E-state index contributed by atoms with van der Waals surface area (Å²) in [5.41, 5.74) is 3.42. The van der Waals surface area contributed by atoms with Crippen LogP contribution in [0.3, 0.4) is 0 Å². The van der Waals surface area contributed by atoms with Gasteiger partial charge in [-0.25, -0.2) is 0 Å². The van der Waals surface area contributed by atoms with E-state index in [0.29, 0.717) is 54.1 Å². The molecular weight excluding hydrogens is 381 g/mol. The first-order valence-electron chi connectivity index (χ1n) is 10.3. The van der Waals surface area contributed by atoms with Crippen molar-refractivity contribution in [1.29, 1.82) is 0 Å². The summed E-state index contributed by atoms with van der Waals surface area (Å²) < 4.78 is 0. The van der Waals surface area contributed by atoms with Crippen LogP contribution >= 0.6 is 23.2 Å². The van der Waals surface area contributed by atoms with Gasteiger partial charge >= 0.3 is 0 Å². The highest BCUT2D eigenvalue weighted by molar-refractivity contribution is 6.18. The van der Waals surface area contributed by atoms with Crippen LogP contribution in [0.15, 0.2) is 12.1 Å². The van der Waals surface area contributed by atoms with Gasteiger partial charge in [-0.05, 0) is 73.1 Å². The predicted molar refractivity (Wildman–Crippen MR) is 111 cm³/mol. The Kier molecular flexibility index (Phi) is 5.37. The van der Waals surface area contributed by atoms with Crippen LogP contribution < -0.4 is 4.90 Å². The van der Waals surface area contributed by atoms with Gasteiger partial charge in [-0.15, -0.1) is 23.2 Å². The number of halogens is 2. The lowest BCUT2D eigenvalue weighted by atomic mass is 9.55. The van der Waals surface area contributed by atoms with Gasteiger partial charge < -0.3 is 10.0 Å². The molecule has 0 spiro atoms. The molecule has 0 aromatic heterocycles. The lowest BCUT2D eigenvalue weighted by molar-refractivity contribution is -0.129. The number of benzene rings is 1. The molecule has 4 rings (SSSR count). The Bertz CT molecular complexity index is 731. The van der Waals surface area contributed by atoms with Crippen molar-refractivity contribution in [3.8, 4) is 5.75 Å². The van der Waals surface area contributed by atoms with Gasteiger partial charge in [0.2, 0.25) is 0 Å². The third kappa shape index (κ3) is 3.15. The number of phenols is 1. The number of carbonyl (C=O) groups is 1. The highest BCUT2D eigenvalue weighted by atomic mass is 35.5. The van der Waals surface area contributed by atoms with Gasteiger partial charge in [0.05, 0.1) is 5.69 Å². The van der Waals surface area contributed by atoms with Gasteiger partial charge in [-0.1, -0.05) is 6.92 Å². The number of rotatable bonds is 5. The van der Waals surface area contributed by atoms with E-state index in [1.165, 1.54) is 11.1 Å². The number of nitrogens with zero attached hydrogens (tertiary/aromatic N) is 1. The monoisotopic (exact) mass is 409 g/mol. The van der Waals surface area contributed by atoms with Crippen molar-refractivity contribution in [3.63, 3.8) is 0 Å². The molecule has 27 heavy (non-hydrogen) atoms. The Morgan fingerprint density at radius 1 is 1.15 bits per heavy atom. The molecule has 2 saturated carbocycles.